The maximum atomic E-state index is 11.6. The van der Waals surface area contributed by atoms with Crippen LogP contribution < -0.4 is 5.32 Å². The molecule has 0 spiro atoms. The van der Waals surface area contributed by atoms with Crippen molar-refractivity contribution in [3.05, 3.63) is 0 Å². The van der Waals surface area contributed by atoms with Gasteiger partial charge in [0.1, 0.15) is 5.92 Å². The number of hydrogen-bond acceptors (Lipinski definition) is 3. The van der Waals surface area contributed by atoms with Gasteiger partial charge in [-0.2, -0.15) is 5.26 Å². The fraction of sp³-hybridized carbons (Fsp3) is 0.833. The van der Waals surface area contributed by atoms with Crippen molar-refractivity contribution in [1.82, 2.24) is 10.2 Å². The van der Waals surface area contributed by atoms with Crippen molar-refractivity contribution in [3.63, 3.8) is 0 Å². The van der Waals surface area contributed by atoms with Crippen LogP contribution in [0.15, 0.2) is 0 Å². The van der Waals surface area contributed by atoms with Gasteiger partial charge >= 0.3 is 0 Å². The van der Waals surface area contributed by atoms with Crippen molar-refractivity contribution in [2.45, 2.75) is 33.6 Å². The van der Waals surface area contributed by atoms with Gasteiger partial charge in [0.15, 0.2) is 0 Å². The molecule has 0 rings (SSSR count). The van der Waals surface area contributed by atoms with E-state index in [2.05, 4.69) is 24.1 Å². The Morgan fingerprint density at radius 2 is 2.00 bits per heavy atom. The Morgan fingerprint density at radius 1 is 1.38 bits per heavy atom. The molecule has 0 radical (unpaired) electrons. The summed E-state index contributed by atoms with van der Waals surface area (Å²) in [6.45, 7) is 9.63. The molecule has 0 saturated carbocycles. The molecule has 0 fully saturated rings. The Labute approximate surface area is 98.6 Å². The monoisotopic (exact) mass is 225 g/mol. The van der Waals surface area contributed by atoms with Crippen LogP contribution in [0.4, 0.5) is 0 Å². The van der Waals surface area contributed by atoms with E-state index in [0.29, 0.717) is 13.0 Å². The summed E-state index contributed by atoms with van der Waals surface area (Å²) in [5.74, 6) is -0.613. The second-order valence-electron chi connectivity index (χ2n) is 3.79. The normalized spacial score (nSPS) is 12.2. The Bertz CT molecular complexity index is 231. The van der Waals surface area contributed by atoms with Gasteiger partial charge in [0.05, 0.1) is 6.07 Å². The smallest absolute Gasteiger partial charge is 0.237 e. The fourth-order valence-electron chi connectivity index (χ4n) is 1.54. The zero-order valence-corrected chi connectivity index (χ0v) is 10.6. The van der Waals surface area contributed by atoms with Crippen molar-refractivity contribution < 1.29 is 4.79 Å². The van der Waals surface area contributed by atoms with Gasteiger partial charge in [-0.05, 0) is 19.5 Å². The summed E-state index contributed by atoms with van der Waals surface area (Å²) in [4.78, 5) is 13.8. The highest BCUT2D eigenvalue weighted by Gasteiger charge is 2.15. The fourth-order valence-corrected chi connectivity index (χ4v) is 1.54. The minimum Gasteiger partial charge on any atom is -0.354 e. The molecule has 0 aliphatic carbocycles. The summed E-state index contributed by atoms with van der Waals surface area (Å²) in [5, 5.41) is 11.6. The third-order valence-electron chi connectivity index (χ3n) is 2.67. The molecule has 0 aliphatic rings. The van der Waals surface area contributed by atoms with E-state index in [1.807, 2.05) is 13.0 Å². The average Bonchev–Trinajstić information content (AvgIpc) is 2.31. The van der Waals surface area contributed by atoms with E-state index in [1.165, 1.54) is 0 Å². The average molecular weight is 225 g/mol. The summed E-state index contributed by atoms with van der Waals surface area (Å²) >= 11 is 0. The topological polar surface area (TPSA) is 56.1 Å². The van der Waals surface area contributed by atoms with E-state index in [1.54, 1.807) is 0 Å². The number of carbonyl (C=O) groups is 1. The molecule has 0 aromatic carbocycles. The maximum Gasteiger partial charge on any atom is 0.237 e. The molecule has 1 amide bonds. The first-order chi connectivity index (χ1) is 7.69. The summed E-state index contributed by atoms with van der Waals surface area (Å²) < 4.78 is 0. The standard InChI is InChI=1S/C12H23N3O/c1-4-7-11(10-13)12(16)14-8-9-15(5-2)6-3/h11H,4-9H2,1-3H3,(H,14,16). The van der Waals surface area contributed by atoms with Crippen LogP contribution in [-0.4, -0.2) is 37.0 Å². The molecule has 4 heteroatoms. The van der Waals surface area contributed by atoms with Crippen molar-refractivity contribution >= 4 is 5.91 Å². The van der Waals surface area contributed by atoms with Crippen LogP contribution in [0.25, 0.3) is 0 Å². The van der Waals surface area contributed by atoms with Gasteiger partial charge in [0, 0.05) is 13.1 Å². The lowest BCUT2D eigenvalue weighted by Gasteiger charge is -2.18. The highest BCUT2D eigenvalue weighted by atomic mass is 16.1. The van der Waals surface area contributed by atoms with Crippen molar-refractivity contribution in [2.75, 3.05) is 26.2 Å². The number of likely N-dealkylation sites (N-methyl/N-ethyl adjacent to an activating group) is 1. The lowest BCUT2D eigenvalue weighted by molar-refractivity contribution is -0.123. The van der Waals surface area contributed by atoms with Crippen LogP contribution >= 0.6 is 0 Å². The number of nitrogens with zero attached hydrogens (tertiary/aromatic N) is 2. The summed E-state index contributed by atoms with van der Waals surface area (Å²) in [7, 11) is 0. The van der Waals surface area contributed by atoms with Crippen molar-refractivity contribution in [1.29, 1.82) is 5.26 Å². The van der Waals surface area contributed by atoms with Crippen LogP contribution in [0.2, 0.25) is 0 Å². The van der Waals surface area contributed by atoms with Crippen LogP contribution in [0.1, 0.15) is 33.6 Å². The number of nitriles is 1. The molecular formula is C12H23N3O. The Hall–Kier alpha value is -1.08. The van der Waals surface area contributed by atoms with Gasteiger partial charge < -0.3 is 10.2 Å². The molecule has 1 N–H and O–H groups in total. The summed E-state index contributed by atoms with van der Waals surface area (Å²) in [6, 6.07) is 2.04. The highest BCUT2D eigenvalue weighted by molar-refractivity contribution is 5.80. The molecule has 1 atom stereocenters. The second kappa shape index (κ2) is 9.17. The SMILES string of the molecule is CCCC(C#N)C(=O)NCCN(CC)CC. The minimum atomic E-state index is -0.485. The molecule has 0 aliphatic heterocycles. The summed E-state index contributed by atoms with van der Waals surface area (Å²) in [5.41, 5.74) is 0. The minimum absolute atomic E-state index is 0.128. The highest BCUT2D eigenvalue weighted by Crippen LogP contribution is 2.04. The zero-order valence-electron chi connectivity index (χ0n) is 10.6. The third-order valence-corrected chi connectivity index (χ3v) is 2.67. The molecule has 1 unspecified atom stereocenters. The lowest BCUT2D eigenvalue weighted by Crippen LogP contribution is -2.37. The molecule has 0 bridgehead atoms. The van der Waals surface area contributed by atoms with Gasteiger partial charge in [0.2, 0.25) is 5.91 Å². The predicted octanol–water partition coefficient (Wildman–Crippen LogP) is 1.38. The van der Waals surface area contributed by atoms with E-state index in [9.17, 15) is 4.79 Å². The van der Waals surface area contributed by atoms with Crippen molar-refractivity contribution in [3.8, 4) is 6.07 Å². The van der Waals surface area contributed by atoms with Crippen LogP contribution in [0.5, 0.6) is 0 Å². The van der Waals surface area contributed by atoms with E-state index < -0.39 is 5.92 Å². The van der Waals surface area contributed by atoms with Crippen LogP contribution in [0, 0.1) is 17.2 Å². The predicted molar refractivity (Wildman–Crippen MR) is 64.8 cm³/mol. The van der Waals surface area contributed by atoms with Gasteiger partial charge in [-0.15, -0.1) is 0 Å². The maximum absolute atomic E-state index is 11.6. The Kier molecular flexibility index (Phi) is 8.55. The molecule has 0 saturated heterocycles. The van der Waals surface area contributed by atoms with Crippen molar-refractivity contribution in [2.24, 2.45) is 5.92 Å². The number of nitrogens with one attached hydrogen (secondary N) is 1. The first-order valence-corrected chi connectivity index (χ1v) is 6.09. The van der Waals surface area contributed by atoms with Crippen LogP contribution in [0.3, 0.4) is 0 Å². The van der Waals surface area contributed by atoms with Gasteiger partial charge in [-0.3, -0.25) is 4.79 Å². The first kappa shape index (κ1) is 14.9. The first-order valence-electron chi connectivity index (χ1n) is 6.09. The van der Waals surface area contributed by atoms with Crippen LogP contribution in [-0.2, 0) is 4.79 Å². The lowest BCUT2D eigenvalue weighted by atomic mass is 10.1. The number of rotatable bonds is 8. The Morgan fingerprint density at radius 3 is 2.44 bits per heavy atom. The number of amides is 1. The largest absolute Gasteiger partial charge is 0.354 e. The number of hydrogen-bond donors (Lipinski definition) is 1. The van der Waals surface area contributed by atoms with E-state index in [4.69, 9.17) is 5.26 Å². The summed E-state index contributed by atoms with van der Waals surface area (Å²) in [6.07, 6.45) is 1.51. The molecule has 0 heterocycles. The molecule has 0 aromatic rings. The molecule has 16 heavy (non-hydrogen) atoms. The Balaban J connectivity index is 3.84. The van der Waals surface area contributed by atoms with Gasteiger partial charge in [-0.25, -0.2) is 0 Å². The molecule has 0 aromatic heterocycles. The van der Waals surface area contributed by atoms with E-state index in [-0.39, 0.29) is 5.91 Å². The number of carbonyl (C=O) groups excluding carboxylic acids is 1. The van der Waals surface area contributed by atoms with E-state index >= 15 is 0 Å². The third kappa shape index (κ3) is 5.72. The van der Waals surface area contributed by atoms with E-state index in [0.717, 1.165) is 26.1 Å². The molecule has 92 valence electrons. The zero-order chi connectivity index (χ0) is 12.4. The quantitative estimate of drug-likeness (QED) is 0.679. The second-order valence-corrected chi connectivity index (χ2v) is 3.79. The van der Waals surface area contributed by atoms with Gasteiger partial charge in [0.25, 0.3) is 0 Å². The van der Waals surface area contributed by atoms with Gasteiger partial charge in [-0.1, -0.05) is 27.2 Å². The molecule has 4 nitrogen and oxygen atoms in total. The molecular weight excluding hydrogens is 202 g/mol.